The minimum Gasteiger partial charge on any atom is -0.493 e. The number of halogens is 2. The first-order valence-electron chi connectivity index (χ1n) is 7.36. The fourth-order valence-electron chi connectivity index (χ4n) is 2.22. The van der Waals surface area contributed by atoms with Crippen molar-refractivity contribution in [3.8, 4) is 11.5 Å². The van der Waals surface area contributed by atoms with E-state index in [9.17, 15) is 22.0 Å². The average molecular weight is 385 g/mol. The zero-order valence-electron chi connectivity index (χ0n) is 14.2. The Morgan fingerprint density at radius 3 is 2.38 bits per heavy atom. The predicted molar refractivity (Wildman–Crippen MR) is 91.9 cm³/mol. The molecule has 0 aliphatic rings. The van der Waals surface area contributed by atoms with Crippen LogP contribution in [0.25, 0.3) is 0 Å². The number of amides is 1. The van der Waals surface area contributed by atoms with Gasteiger partial charge in [0.15, 0.2) is 21.3 Å². The molecule has 26 heavy (non-hydrogen) atoms. The van der Waals surface area contributed by atoms with Crippen molar-refractivity contribution in [2.24, 2.45) is 0 Å². The first-order valence-corrected chi connectivity index (χ1v) is 9.26. The normalized spacial score (nSPS) is 11.3. The molecule has 0 unspecified atom stereocenters. The lowest BCUT2D eigenvalue weighted by Gasteiger charge is -2.13. The lowest BCUT2D eigenvalue weighted by atomic mass is 10.1. The predicted octanol–water partition coefficient (Wildman–Crippen LogP) is 3.26. The number of sulfone groups is 1. The van der Waals surface area contributed by atoms with E-state index in [2.05, 4.69) is 10.1 Å². The van der Waals surface area contributed by atoms with Crippen molar-refractivity contribution in [3.05, 3.63) is 47.5 Å². The van der Waals surface area contributed by atoms with Gasteiger partial charge in [0.25, 0.3) is 5.91 Å². The van der Waals surface area contributed by atoms with Gasteiger partial charge in [-0.05, 0) is 36.8 Å². The molecular weight excluding hydrogens is 368 g/mol. The summed E-state index contributed by atoms with van der Waals surface area (Å²) in [6.07, 6.45) is 1.04. The van der Waals surface area contributed by atoms with Gasteiger partial charge in [-0.3, -0.25) is 4.79 Å². The van der Waals surface area contributed by atoms with Crippen LogP contribution in [-0.2, 0) is 9.84 Å². The van der Waals surface area contributed by atoms with Crippen molar-refractivity contribution in [1.29, 1.82) is 0 Å². The van der Waals surface area contributed by atoms with Crippen LogP contribution in [0.2, 0.25) is 0 Å². The molecule has 9 heteroatoms. The lowest BCUT2D eigenvalue weighted by molar-refractivity contribution is -0.0511. The summed E-state index contributed by atoms with van der Waals surface area (Å²) in [6, 6.07) is 8.20. The molecular formula is C17H17F2NO5S. The van der Waals surface area contributed by atoms with E-state index in [0.717, 1.165) is 6.26 Å². The third-order valence-corrected chi connectivity index (χ3v) is 4.63. The summed E-state index contributed by atoms with van der Waals surface area (Å²) >= 11 is 0. The highest BCUT2D eigenvalue weighted by molar-refractivity contribution is 7.90. The standard InChI is InChI=1S/C17H17F2NO5S/c1-10-4-6-12(26(3,22)23)9-13(10)16(21)20-11-5-7-14(24-2)15(8-11)25-17(18)19/h4-9,17H,1-3H3,(H,20,21). The Kier molecular flexibility index (Phi) is 5.81. The Morgan fingerprint density at radius 1 is 1.12 bits per heavy atom. The molecule has 0 radical (unpaired) electrons. The third-order valence-electron chi connectivity index (χ3n) is 3.52. The van der Waals surface area contributed by atoms with E-state index in [0.29, 0.717) is 5.56 Å². The number of carbonyl (C=O) groups is 1. The van der Waals surface area contributed by atoms with Crippen LogP contribution < -0.4 is 14.8 Å². The number of hydrogen-bond acceptors (Lipinski definition) is 5. The molecule has 1 amide bonds. The average Bonchev–Trinajstić information content (AvgIpc) is 2.53. The quantitative estimate of drug-likeness (QED) is 0.825. The fourth-order valence-corrected chi connectivity index (χ4v) is 2.86. The second-order valence-corrected chi connectivity index (χ2v) is 7.46. The highest BCUT2D eigenvalue weighted by Gasteiger charge is 2.16. The number of alkyl halides is 2. The number of rotatable bonds is 6. The Labute approximate surface area is 149 Å². The number of anilines is 1. The number of ether oxygens (including phenoxy) is 2. The molecule has 0 saturated heterocycles. The molecule has 0 aliphatic heterocycles. The van der Waals surface area contributed by atoms with Gasteiger partial charge in [-0.15, -0.1) is 0 Å². The molecule has 2 aromatic carbocycles. The van der Waals surface area contributed by atoms with Gasteiger partial charge < -0.3 is 14.8 Å². The number of aryl methyl sites for hydroxylation is 1. The zero-order chi connectivity index (χ0) is 19.5. The lowest BCUT2D eigenvalue weighted by Crippen LogP contribution is -2.14. The van der Waals surface area contributed by atoms with Gasteiger partial charge in [0.1, 0.15) is 0 Å². The van der Waals surface area contributed by atoms with E-state index < -0.39 is 22.4 Å². The van der Waals surface area contributed by atoms with Crippen LogP contribution in [0.5, 0.6) is 11.5 Å². The number of benzene rings is 2. The van der Waals surface area contributed by atoms with E-state index in [4.69, 9.17) is 4.74 Å². The van der Waals surface area contributed by atoms with E-state index >= 15 is 0 Å². The Hall–Kier alpha value is -2.68. The van der Waals surface area contributed by atoms with Crippen molar-refractivity contribution in [1.82, 2.24) is 0 Å². The van der Waals surface area contributed by atoms with Gasteiger partial charge in [0.05, 0.1) is 12.0 Å². The van der Waals surface area contributed by atoms with Crippen molar-refractivity contribution in [3.63, 3.8) is 0 Å². The van der Waals surface area contributed by atoms with Crippen LogP contribution in [0, 0.1) is 6.92 Å². The van der Waals surface area contributed by atoms with Crippen LogP contribution >= 0.6 is 0 Å². The molecule has 0 aromatic heterocycles. The summed E-state index contributed by atoms with van der Waals surface area (Å²) in [5, 5.41) is 2.53. The van der Waals surface area contributed by atoms with Crippen molar-refractivity contribution < 1.29 is 31.5 Å². The van der Waals surface area contributed by atoms with E-state index in [1.807, 2.05) is 0 Å². The Balaban J connectivity index is 2.33. The summed E-state index contributed by atoms with van der Waals surface area (Å²) in [5.74, 6) is -0.735. The molecule has 0 fully saturated rings. The van der Waals surface area contributed by atoms with Crippen molar-refractivity contribution in [2.75, 3.05) is 18.7 Å². The second kappa shape index (κ2) is 7.69. The summed E-state index contributed by atoms with van der Waals surface area (Å²) < 4.78 is 57.6. The smallest absolute Gasteiger partial charge is 0.387 e. The van der Waals surface area contributed by atoms with Gasteiger partial charge >= 0.3 is 6.61 Å². The fraction of sp³-hybridized carbons (Fsp3) is 0.235. The maximum atomic E-state index is 12.5. The van der Waals surface area contributed by atoms with Crippen molar-refractivity contribution in [2.45, 2.75) is 18.4 Å². The molecule has 0 aliphatic carbocycles. The molecule has 0 saturated carbocycles. The van der Waals surface area contributed by atoms with Crippen LogP contribution in [0.4, 0.5) is 14.5 Å². The minimum absolute atomic E-state index is 0.00436. The van der Waals surface area contributed by atoms with Crippen LogP contribution in [-0.4, -0.2) is 34.3 Å². The topological polar surface area (TPSA) is 81.7 Å². The highest BCUT2D eigenvalue weighted by atomic mass is 32.2. The third kappa shape index (κ3) is 4.69. The maximum absolute atomic E-state index is 12.5. The van der Waals surface area contributed by atoms with Gasteiger partial charge in [0.2, 0.25) is 0 Å². The largest absolute Gasteiger partial charge is 0.493 e. The first kappa shape index (κ1) is 19.6. The first-order chi connectivity index (χ1) is 12.1. The van der Waals surface area contributed by atoms with Gasteiger partial charge in [-0.1, -0.05) is 6.07 Å². The minimum atomic E-state index is -3.48. The van der Waals surface area contributed by atoms with E-state index in [1.165, 1.54) is 43.5 Å². The summed E-state index contributed by atoms with van der Waals surface area (Å²) in [5.41, 5.74) is 0.906. The number of nitrogens with one attached hydrogen (secondary N) is 1. The van der Waals surface area contributed by atoms with E-state index in [-0.39, 0.29) is 27.6 Å². The summed E-state index contributed by atoms with van der Waals surface area (Å²) in [7, 11) is -2.18. The zero-order valence-corrected chi connectivity index (χ0v) is 15.1. The molecule has 0 spiro atoms. The van der Waals surface area contributed by atoms with Gasteiger partial charge in [-0.25, -0.2) is 8.42 Å². The van der Waals surface area contributed by atoms with Crippen LogP contribution in [0.3, 0.4) is 0 Å². The van der Waals surface area contributed by atoms with Crippen molar-refractivity contribution >= 4 is 21.4 Å². The number of carbonyl (C=O) groups excluding carboxylic acids is 1. The monoisotopic (exact) mass is 385 g/mol. The second-order valence-electron chi connectivity index (χ2n) is 5.45. The molecule has 0 bridgehead atoms. The highest BCUT2D eigenvalue weighted by Crippen LogP contribution is 2.31. The molecule has 6 nitrogen and oxygen atoms in total. The van der Waals surface area contributed by atoms with Gasteiger partial charge in [0, 0.05) is 23.6 Å². The summed E-state index contributed by atoms with van der Waals surface area (Å²) in [4.78, 5) is 12.5. The maximum Gasteiger partial charge on any atom is 0.387 e. The summed E-state index contributed by atoms with van der Waals surface area (Å²) in [6.45, 7) is -1.40. The number of hydrogen-bond donors (Lipinski definition) is 1. The number of methoxy groups -OCH3 is 1. The van der Waals surface area contributed by atoms with Gasteiger partial charge in [-0.2, -0.15) is 8.78 Å². The molecule has 140 valence electrons. The molecule has 0 heterocycles. The SMILES string of the molecule is COc1ccc(NC(=O)c2cc(S(C)(=O)=O)ccc2C)cc1OC(F)F. The van der Waals surface area contributed by atoms with E-state index in [1.54, 1.807) is 6.92 Å². The van der Waals surface area contributed by atoms with Crippen LogP contribution in [0.15, 0.2) is 41.3 Å². The molecule has 0 atom stereocenters. The molecule has 2 rings (SSSR count). The van der Waals surface area contributed by atoms with Crippen LogP contribution in [0.1, 0.15) is 15.9 Å². The Bertz CT molecular complexity index is 929. The molecule has 1 N–H and O–H groups in total. The molecule has 2 aromatic rings. The Morgan fingerprint density at radius 2 is 1.81 bits per heavy atom.